The number of rotatable bonds is 10. The van der Waals surface area contributed by atoms with Crippen molar-refractivity contribution in [2.45, 2.75) is 59.7 Å². The SMILES string of the molecule is C/C(=C\CCS(=O)(=O)O)C(=O)O.C=C(C)C(=O)OC(C)O.C=C(CCCC)C(=O)O. The van der Waals surface area contributed by atoms with Crippen molar-refractivity contribution < 1.29 is 47.4 Å². The number of carboxylic acid groups (broad SMARTS) is 2. The Kier molecular flexibility index (Phi) is 18.6. The summed E-state index contributed by atoms with van der Waals surface area (Å²) in [6.07, 6.45) is 2.77. The van der Waals surface area contributed by atoms with Gasteiger partial charge in [-0.25, -0.2) is 14.4 Å². The standard InChI is InChI=1S/C7H12O2.C6H10O5S.C6H10O3/c1-3-4-5-6(2)7(8)9;1-5(6(7)8)3-2-4-12(9,10)11;1-4(2)6(8)9-5(3)7/h2-5H2,1H3,(H,8,9);3H,2,4H2,1H3,(H,7,8)(H,9,10,11);5,7H,1H2,2-3H3/b;5-3+;. The number of carbonyl (C=O) groups excluding carboxylic acids is 1. The molecule has 0 aliphatic heterocycles. The van der Waals surface area contributed by atoms with Crippen LogP contribution in [0, 0.1) is 0 Å². The minimum absolute atomic E-state index is 0.0109. The van der Waals surface area contributed by atoms with Gasteiger partial charge in [0.1, 0.15) is 0 Å². The molecule has 0 aromatic heterocycles. The number of allylic oxidation sites excluding steroid dienone is 1. The third-order valence-corrected chi connectivity index (χ3v) is 3.68. The fraction of sp³-hybridized carbons (Fsp3) is 0.526. The summed E-state index contributed by atoms with van der Waals surface area (Å²) in [6.45, 7) is 13.0. The van der Waals surface area contributed by atoms with Gasteiger partial charge in [0.25, 0.3) is 10.1 Å². The minimum atomic E-state index is -3.98. The number of esters is 1. The number of carbonyl (C=O) groups is 3. The quantitative estimate of drug-likeness (QED) is 0.167. The van der Waals surface area contributed by atoms with Crippen molar-refractivity contribution in [3.8, 4) is 0 Å². The maximum atomic E-state index is 10.5. The molecule has 11 heteroatoms. The van der Waals surface area contributed by atoms with Gasteiger partial charge >= 0.3 is 17.9 Å². The first-order valence-electron chi connectivity index (χ1n) is 8.85. The summed E-state index contributed by atoms with van der Waals surface area (Å²) in [7, 11) is -3.98. The van der Waals surface area contributed by atoms with Gasteiger partial charge in [-0.1, -0.05) is 32.6 Å². The number of aliphatic hydroxyl groups is 1. The van der Waals surface area contributed by atoms with Crippen LogP contribution >= 0.6 is 0 Å². The van der Waals surface area contributed by atoms with Crippen LogP contribution in [0.3, 0.4) is 0 Å². The minimum Gasteiger partial charge on any atom is -0.478 e. The van der Waals surface area contributed by atoms with Crippen LogP contribution in [0.1, 0.15) is 53.4 Å². The average molecular weight is 453 g/mol. The molecule has 30 heavy (non-hydrogen) atoms. The third-order valence-electron chi connectivity index (χ3n) is 2.92. The Morgan fingerprint density at radius 2 is 1.60 bits per heavy atom. The number of hydrogen-bond donors (Lipinski definition) is 4. The van der Waals surface area contributed by atoms with Gasteiger partial charge in [-0.2, -0.15) is 8.42 Å². The first-order chi connectivity index (χ1) is 13.5. The van der Waals surface area contributed by atoms with Crippen molar-refractivity contribution in [3.05, 3.63) is 36.0 Å². The van der Waals surface area contributed by atoms with Crippen LogP contribution in [0.4, 0.5) is 0 Å². The van der Waals surface area contributed by atoms with E-state index in [1.54, 1.807) is 0 Å². The highest BCUT2D eigenvalue weighted by Gasteiger charge is 2.05. The summed E-state index contributed by atoms with van der Waals surface area (Å²) in [5.74, 6) is -2.98. The van der Waals surface area contributed by atoms with Crippen molar-refractivity contribution in [1.29, 1.82) is 0 Å². The fourth-order valence-electron chi connectivity index (χ4n) is 1.26. The lowest BCUT2D eigenvalue weighted by atomic mass is 10.1. The Hall–Kier alpha value is -2.50. The Morgan fingerprint density at radius 1 is 1.10 bits per heavy atom. The van der Waals surface area contributed by atoms with Crippen LogP contribution in [-0.2, 0) is 29.2 Å². The van der Waals surface area contributed by atoms with Crippen LogP contribution in [-0.4, -0.2) is 58.2 Å². The van der Waals surface area contributed by atoms with Gasteiger partial charge in [0, 0.05) is 16.7 Å². The normalized spacial score (nSPS) is 11.6. The number of ether oxygens (including phenoxy) is 1. The van der Waals surface area contributed by atoms with Gasteiger partial charge in [0.15, 0.2) is 6.29 Å². The third kappa shape index (κ3) is 25.5. The number of aliphatic carboxylic acids is 2. The van der Waals surface area contributed by atoms with Crippen molar-refractivity contribution >= 4 is 28.0 Å². The zero-order valence-corrected chi connectivity index (χ0v) is 18.6. The van der Waals surface area contributed by atoms with E-state index < -0.39 is 40.1 Å². The summed E-state index contributed by atoms with van der Waals surface area (Å²) in [5, 5.41) is 25.1. The Bertz CT molecular complexity index is 718. The van der Waals surface area contributed by atoms with E-state index in [0.29, 0.717) is 12.0 Å². The van der Waals surface area contributed by atoms with E-state index >= 15 is 0 Å². The summed E-state index contributed by atoms with van der Waals surface area (Å²) >= 11 is 0. The molecule has 1 atom stereocenters. The predicted octanol–water partition coefficient (Wildman–Crippen LogP) is 2.56. The van der Waals surface area contributed by atoms with Gasteiger partial charge in [-0.15, -0.1) is 0 Å². The smallest absolute Gasteiger partial charge is 0.335 e. The Morgan fingerprint density at radius 3 is 1.87 bits per heavy atom. The van der Waals surface area contributed by atoms with E-state index in [2.05, 4.69) is 17.9 Å². The molecule has 0 radical (unpaired) electrons. The molecule has 0 saturated carbocycles. The Balaban J connectivity index is -0.000000371. The zero-order valence-electron chi connectivity index (χ0n) is 17.8. The lowest BCUT2D eigenvalue weighted by Crippen LogP contribution is -2.13. The first kappa shape index (κ1) is 32.2. The van der Waals surface area contributed by atoms with Crippen LogP contribution in [0.25, 0.3) is 0 Å². The van der Waals surface area contributed by atoms with E-state index in [1.807, 2.05) is 6.92 Å². The molecule has 0 aliphatic rings. The summed E-state index contributed by atoms with van der Waals surface area (Å²) < 4.78 is 32.9. The lowest BCUT2D eigenvalue weighted by Gasteiger charge is -2.04. The topological polar surface area (TPSA) is 176 Å². The molecule has 0 aromatic carbocycles. The van der Waals surface area contributed by atoms with Gasteiger partial charge in [0.05, 0.1) is 5.75 Å². The monoisotopic (exact) mass is 452 g/mol. The number of unbranched alkanes of at least 4 members (excludes halogenated alkanes) is 1. The second-order valence-electron chi connectivity index (χ2n) is 6.06. The van der Waals surface area contributed by atoms with E-state index in [-0.39, 0.29) is 17.6 Å². The molecule has 4 N–H and O–H groups in total. The Labute approximate surface area is 177 Å². The maximum Gasteiger partial charge on any atom is 0.335 e. The predicted molar refractivity (Wildman–Crippen MR) is 111 cm³/mol. The second-order valence-corrected chi connectivity index (χ2v) is 7.64. The summed E-state index contributed by atoms with van der Waals surface area (Å²) in [5.41, 5.74) is 0.673. The first-order valence-corrected chi connectivity index (χ1v) is 10.5. The van der Waals surface area contributed by atoms with Crippen LogP contribution in [0.2, 0.25) is 0 Å². The molecule has 0 bridgehead atoms. The van der Waals surface area contributed by atoms with Gasteiger partial charge < -0.3 is 20.1 Å². The molecule has 0 aromatic rings. The molecule has 174 valence electrons. The molecular formula is C19H32O10S. The molecule has 1 unspecified atom stereocenters. The van der Waals surface area contributed by atoms with E-state index in [0.717, 1.165) is 12.8 Å². The van der Waals surface area contributed by atoms with Crippen molar-refractivity contribution in [2.75, 3.05) is 5.75 Å². The largest absolute Gasteiger partial charge is 0.478 e. The van der Waals surface area contributed by atoms with Crippen molar-refractivity contribution in [3.63, 3.8) is 0 Å². The molecule has 0 fully saturated rings. The van der Waals surface area contributed by atoms with Crippen LogP contribution in [0.15, 0.2) is 36.0 Å². The summed E-state index contributed by atoms with van der Waals surface area (Å²) in [6, 6.07) is 0. The molecule has 10 nitrogen and oxygen atoms in total. The van der Waals surface area contributed by atoms with Crippen LogP contribution in [0.5, 0.6) is 0 Å². The van der Waals surface area contributed by atoms with Crippen LogP contribution < -0.4 is 0 Å². The van der Waals surface area contributed by atoms with E-state index in [1.165, 1.54) is 26.8 Å². The number of hydrogen-bond acceptors (Lipinski definition) is 7. The van der Waals surface area contributed by atoms with E-state index in [4.69, 9.17) is 19.9 Å². The van der Waals surface area contributed by atoms with Crippen molar-refractivity contribution in [2.24, 2.45) is 0 Å². The molecule has 0 heterocycles. The van der Waals surface area contributed by atoms with Gasteiger partial charge in [0.2, 0.25) is 0 Å². The molecular weight excluding hydrogens is 420 g/mol. The molecule has 0 rings (SSSR count). The lowest BCUT2D eigenvalue weighted by molar-refractivity contribution is -0.159. The molecule has 0 amide bonds. The van der Waals surface area contributed by atoms with Gasteiger partial charge in [-0.05, 0) is 40.0 Å². The number of aliphatic hydroxyl groups excluding tert-OH is 1. The number of carboxylic acids is 2. The highest BCUT2D eigenvalue weighted by molar-refractivity contribution is 7.85. The highest BCUT2D eigenvalue weighted by atomic mass is 32.2. The molecule has 0 saturated heterocycles. The van der Waals surface area contributed by atoms with Crippen molar-refractivity contribution in [1.82, 2.24) is 0 Å². The van der Waals surface area contributed by atoms with Gasteiger partial charge in [-0.3, -0.25) is 4.55 Å². The molecule has 0 spiro atoms. The fourth-order valence-corrected chi connectivity index (χ4v) is 1.68. The highest BCUT2D eigenvalue weighted by Crippen LogP contribution is 2.03. The zero-order chi connectivity index (χ0) is 24.5. The average Bonchev–Trinajstić information content (AvgIpc) is 2.58. The maximum absolute atomic E-state index is 10.5. The molecule has 0 aliphatic carbocycles. The second kappa shape index (κ2) is 17.4. The summed E-state index contributed by atoms with van der Waals surface area (Å²) in [4.78, 5) is 30.8. The van der Waals surface area contributed by atoms with E-state index in [9.17, 15) is 22.8 Å².